The number of aromatic nitrogens is 1. The first-order valence-electron chi connectivity index (χ1n) is 8.47. The average molecular weight is 431 g/mol. The van der Waals surface area contributed by atoms with Crippen LogP contribution in [0.5, 0.6) is 0 Å². The summed E-state index contributed by atoms with van der Waals surface area (Å²) in [6.07, 6.45) is 5.52. The molecule has 2 N–H and O–H groups in total. The van der Waals surface area contributed by atoms with Crippen LogP contribution < -0.4 is 15.5 Å². The van der Waals surface area contributed by atoms with Gasteiger partial charge in [-0.05, 0) is 50.8 Å². The van der Waals surface area contributed by atoms with Crippen molar-refractivity contribution in [1.29, 1.82) is 0 Å². The fraction of sp³-hybridized carbons (Fsp3) is 0.647. The number of aliphatic imine (C=N–C) groups is 1. The maximum absolute atomic E-state index is 4.69. The van der Waals surface area contributed by atoms with E-state index in [0.29, 0.717) is 12.6 Å². The van der Waals surface area contributed by atoms with Gasteiger partial charge in [0.1, 0.15) is 5.82 Å². The first-order chi connectivity index (χ1) is 10.7. The van der Waals surface area contributed by atoms with Crippen molar-refractivity contribution in [2.75, 3.05) is 24.5 Å². The lowest BCUT2D eigenvalue weighted by molar-refractivity contribution is 0.624. The molecule has 0 bridgehead atoms. The second-order valence-corrected chi connectivity index (χ2v) is 5.87. The standard InChI is InChI=1S/C17H29N5.HI/c1-4-14(3)21-17(18-5-2)20-13-15-8-9-19-16(12-15)22-10-6-7-11-22;/h8-9,12,14H,4-7,10-11,13H2,1-3H3,(H2,18,20,21);1H. The van der Waals surface area contributed by atoms with Gasteiger partial charge in [0.15, 0.2) is 5.96 Å². The average Bonchev–Trinajstić information content (AvgIpc) is 3.07. The van der Waals surface area contributed by atoms with E-state index in [1.54, 1.807) is 0 Å². The van der Waals surface area contributed by atoms with E-state index in [9.17, 15) is 0 Å². The van der Waals surface area contributed by atoms with Crippen LogP contribution in [0.3, 0.4) is 0 Å². The molecule has 0 aromatic carbocycles. The number of nitrogens with one attached hydrogen (secondary N) is 2. The molecule has 0 amide bonds. The van der Waals surface area contributed by atoms with Crippen molar-refractivity contribution < 1.29 is 0 Å². The first-order valence-corrected chi connectivity index (χ1v) is 8.47. The second kappa shape index (κ2) is 10.7. The van der Waals surface area contributed by atoms with Gasteiger partial charge in [-0.2, -0.15) is 0 Å². The van der Waals surface area contributed by atoms with Crippen LogP contribution in [-0.4, -0.2) is 36.6 Å². The van der Waals surface area contributed by atoms with Gasteiger partial charge in [-0.15, -0.1) is 24.0 Å². The van der Waals surface area contributed by atoms with Crippen LogP contribution in [0.25, 0.3) is 0 Å². The van der Waals surface area contributed by atoms with E-state index in [1.807, 2.05) is 6.20 Å². The maximum Gasteiger partial charge on any atom is 0.191 e. The minimum Gasteiger partial charge on any atom is -0.357 e. The maximum atomic E-state index is 4.69. The number of nitrogens with zero attached hydrogens (tertiary/aromatic N) is 3. The molecule has 1 atom stereocenters. The summed E-state index contributed by atoms with van der Waals surface area (Å²) < 4.78 is 0. The van der Waals surface area contributed by atoms with Crippen molar-refractivity contribution in [3.63, 3.8) is 0 Å². The molecule has 130 valence electrons. The van der Waals surface area contributed by atoms with Crippen LogP contribution in [0.1, 0.15) is 45.6 Å². The topological polar surface area (TPSA) is 52.6 Å². The zero-order valence-electron chi connectivity index (χ0n) is 14.5. The Hall–Kier alpha value is -1.05. The Morgan fingerprint density at radius 3 is 2.74 bits per heavy atom. The lowest BCUT2D eigenvalue weighted by Gasteiger charge is -2.17. The highest BCUT2D eigenvalue weighted by Crippen LogP contribution is 2.18. The molecule has 1 aromatic heterocycles. The largest absolute Gasteiger partial charge is 0.357 e. The highest BCUT2D eigenvalue weighted by atomic mass is 127. The van der Waals surface area contributed by atoms with Crippen LogP contribution in [0.15, 0.2) is 23.3 Å². The highest BCUT2D eigenvalue weighted by molar-refractivity contribution is 14.0. The summed E-state index contributed by atoms with van der Waals surface area (Å²) in [4.78, 5) is 11.5. The predicted molar refractivity (Wildman–Crippen MR) is 109 cm³/mol. The molecule has 6 heteroatoms. The van der Waals surface area contributed by atoms with E-state index in [2.05, 4.69) is 58.4 Å². The van der Waals surface area contributed by atoms with Gasteiger partial charge in [0.05, 0.1) is 6.54 Å². The minimum atomic E-state index is 0. The van der Waals surface area contributed by atoms with E-state index in [4.69, 9.17) is 0 Å². The Morgan fingerprint density at radius 2 is 2.09 bits per heavy atom. The van der Waals surface area contributed by atoms with Crippen LogP contribution >= 0.6 is 24.0 Å². The summed E-state index contributed by atoms with van der Waals surface area (Å²) >= 11 is 0. The molecule has 0 saturated carbocycles. The van der Waals surface area contributed by atoms with Gasteiger partial charge in [-0.3, -0.25) is 0 Å². The fourth-order valence-corrected chi connectivity index (χ4v) is 2.50. The second-order valence-electron chi connectivity index (χ2n) is 5.87. The predicted octanol–water partition coefficient (Wildman–Crippen LogP) is 3.15. The third-order valence-electron chi connectivity index (χ3n) is 4.00. The third-order valence-corrected chi connectivity index (χ3v) is 4.00. The number of pyridine rings is 1. The van der Waals surface area contributed by atoms with Gasteiger partial charge in [0, 0.05) is 31.9 Å². The Labute approximate surface area is 157 Å². The summed E-state index contributed by atoms with van der Waals surface area (Å²) in [5.41, 5.74) is 1.21. The van der Waals surface area contributed by atoms with Gasteiger partial charge < -0.3 is 15.5 Å². The molecule has 23 heavy (non-hydrogen) atoms. The molecule has 1 unspecified atom stereocenters. The Bertz CT molecular complexity index is 486. The lowest BCUT2D eigenvalue weighted by atomic mass is 10.2. The molecule has 1 aliphatic heterocycles. The molecule has 1 aliphatic rings. The van der Waals surface area contributed by atoms with Gasteiger partial charge >= 0.3 is 0 Å². The number of anilines is 1. The normalized spacial score (nSPS) is 16.0. The molecule has 1 aromatic rings. The summed E-state index contributed by atoms with van der Waals surface area (Å²) in [7, 11) is 0. The smallest absolute Gasteiger partial charge is 0.191 e. The first kappa shape index (κ1) is 20.0. The summed E-state index contributed by atoms with van der Waals surface area (Å²) in [6, 6.07) is 4.65. The minimum absolute atomic E-state index is 0. The highest BCUT2D eigenvalue weighted by Gasteiger charge is 2.13. The molecular weight excluding hydrogens is 401 g/mol. The van der Waals surface area contributed by atoms with Crippen LogP contribution in [-0.2, 0) is 6.54 Å². The molecular formula is C17H30IN5. The van der Waals surface area contributed by atoms with Crippen molar-refractivity contribution in [2.24, 2.45) is 4.99 Å². The van der Waals surface area contributed by atoms with E-state index >= 15 is 0 Å². The summed E-state index contributed by atoms with van der Waals surface area (Å²) in [5.74, 6) is 1.97. The Balaban J connectivity index is 0.00000264. The Morgan fingerprint density at radius 1 is 1.35 bits per heavy atom. The van der Waals surface area contributed by atoms with E-state index < -0.39 is 0 Å². The van der Waals surface area contributed by atoms with Crippen molar-refractivity contribution in [3.8, 4) is 0 Å². The SMILES string of the molecule is CCNC(=NCc1ccnc(N2CCCC2)c1)NC(C)CC.I. The number of rotatable bonds is 6. The molecule has 0 spiro atoms. The molecule has 2 rings (SSSR count). The van der Waals surface area contributed by atoms with Crippen molar-refractivity contribution in [2.45, 2.75) is 52.6 Å². The summed E-state index contributed by atoms with van der Waals surface area (Å²) in [6.45, 7) is 10.2. The lowest BCUT2D eigenvalue weighted by Crippen LogP contribution is -2.41. The van der Waals surface area contributed by atoms with Crippen molar-refractivity contribution in [3.05, 3.63) is 23.9 Å². The molecule has 1 saturated heterocycles. The molecule has 2 heterocycles. The van der Waals surface area contributed by atoms with Gasteiger partial charge in [-0.1, -0.05) is 6.92 Å². The van der Waals surface area contributed by atoms with E-state index in [-0.39, 0.29) is 24.0 Å². The zero-order valence-corrected chi connectivity index (χ0v) is 16.8. The van der Waals surface area contributed by atoms with Gasteiger partial charge in [-0.25, -0.2) is 9.98 Å². The molecule has 5 nitrogen and oxygen atoms in total. The number of hydrogen-bond donors (Lipinski definition) is 2. The van der Waals surface area contributed by atoms with Crippen molar-refractivity contribution >= 4 is 35.8 Å². The van der Waals surface area contributed by atoms with Gasteiger partial charge in [0.2, 0.25) is 0 Å². The zero-order chi connectivity index (χ0) is 15.8. The molecule has 0 radical (unpaired) electrons. The number of halogens is 1. The fourth-order valence-electron chi connectivity index (χ4n) is 2.50. The van der Waals surface area contributed by atoms with Crippen LogP contribution in [0, 0.1) is 0 Å². The van der Waals surface area contributed by atoms with E-state index in [0.717, 1.165) is 37.8 Å². The number of guanidine groups is 1. The van der Waals surface area contributed by atoms with Crippen LogP contribution in [0.4, 0.5) is 5.82 Å². The molecule has 0 aliphatic carbocycles. The monoisotopic (exact) mass is 431 g/mol. The Kier molecular flexibility index (Phi) is 9.28. The third kappa shape index (κ3) is 6.53. The number of hydrogen-bond acceptors (Lipinski definition) is 3. The van der Waals surface area contributed by atoms with Crippen LogP contribution in [0.2, 0.25) is 0 Å². The quantitative estimate of drug-likeness (QED) is 0.413. The van der Waals surface area contributed by atoms with Gasteiger partial charge in [0.25, 0.3) is 0 Å². The molecule has 1 fully saturated rings. The summed E-state index contributed by atoms with van der Waals surface area (Å²) in [5, 5.41) is 6.72. The van der Waals surface area contributed by atoms with E-state index in [1.165, 1.54) is 18.4 Å². The van der Waals surface area contributed by atoms with Crippen molar-refractivity contribution in [1.82, 2.24) is 15.6 Å².